The molecule has 3 aromatic rings. The average molecular weight is 445 g/mol. The number of aliphatic hydroxyl groups is 1. The summed E-state index contributed by atoms with van der Waals surface area (Å²) >= 11 is 0. The van der Waals surface area contributed by atoms with Crippen LogP contribution < -0.4 is 9.64 Å². The van der Waals surface area contributed by atoms with Crippen LogP contribution in [-0.4, -0.2) is 23.4 Å². The van der Waals surface area contributed by atoms with Gasteiger partial charge in [0.15, 0.2) is 0 Å². The maximum Gasteiger partial charge on any atom is 0.300 e. The maximum atomic E-state index is 13.6. The minimum absolute atomic E-state index is 0.0444. The Balaban J connectivity index is 1.86. The molecule has 1 N–H and O–H groups in total. The van der Waals surface area contributed by atoms with E-state index in [0.717, 1.165) is 12.0 Å². The standard InChI is InChI=1S/C27H24FNO4/c1-3-15-33-22-14-11-19(16-17(22)2)25(30)23-24(18-9-12-20(28)13-10-18)29(27(32)26(23)31)21-7-5-4-6-8-21/h4-14,16,24,30H,3,15H2,1-2H3/b25-23-. The second-order valence-electron chi connectivity index (χ2n) is 7.88. The number of aryl methyl sites for hydroxylation is 1. The molecular weight excluding hydrogens is 421 g/mol. The predicted octanol–water partition coefficient (Wildman–Crippen LogP) is 5.55. The van der Waals surface area contributed by atoms with Crippen LogP contribution in [0.1, 0.15) is 36.1 Å². The number of rotatable bonds is 6. The number of ketones is 1. The number of carbonyl (C=O) groups is 2. The number of hydrogen-bond acceptors (Lipinski definition) is 4. The molecule has 1 amide bonds. The number of anilines is 1. The molecule has 0 spiro atoms. The number of amides is 1. The minimum atomic E-state index is -0.899. The van der Waals surface area contributed by atoms with Crippen LogP contribution in [0.3, 0.4) is 0 Å². The normalized spacial score (nSPS) is 17.4. The van der Waals surface area contributed by atoms with Crippen LogP contribution in [0.2, 0.25) is 0 Å². The zero-order chi connectivity index (χ0) is 23.5. The van der Waals surface area contributed by atoms with Gasteiger partial charge in [-0.1, -0.05) is 37.3 Å². The van der Waals surface area contributed by atoms with Crippen LogP contribution in [0.4, 0.5) is 10.1 Å². The van der Waals surface area contributed by atoms with E-state index in [9.17, 15) is 19.1 Å². The lowest BCUT2D eigenvalue weighted by molar-refractivity contribution is -0.132. The summed E-state index contributed by atoms with van der Waals surface area (Å²) in [6, 6.07) is 18.5. The van der Waals surface area contributed by atoms with Crippen LogP contribution in [0.25, 0.3) is 5.76 Å². The second kappa shape index (κ2) is 9.28. The average Bonchev–Trinajstić information content (AvgIpc) is 3.09. The highest BCUT2D eigenvalue weighted by atomic mass is 19.1. The van der Waals surface area contributed by atoms with Gasteiger partial charge in [0, 0.05) is 11.3 Å². The van der Waals surface area contributed by atoms with E-state index < -0.39 is 23.5 Å². The van der Waals surface area contributed by atoms with Crippen molar-refractivity contribution < 1.29 is 23.8 Å². The van der Waals surface area contributed by atoms with E-state index in [2.05, 4.69) is 0 Å². The SMILES string of the molecule is CCCOc1ccc(/C(O)=C2/C(=O)C(=O)N(c3ccccc3)C2c2ccc(F)cc2)cc1C. The van der Waals surface area contributed by atoms with Crippen molar-refractivity contribution >= 4 is 23.1 Å². The molecule has 0 aliphatic carbocycles. The van der Waals surface area contributed by atoms with E-state index in [-0.39, 0.29) is 11.3 Å². The van der Waals surface area contributed by atoms with Crippen molar-refractivity contribution in [2.45, 2.75) is 26.3 Å². The van der Waals surface area contributed by atoms with Gasteiger partial charge in [-0.3, -0.25) is 14.5 Å². The lowest BCUT2D eigenvalue weighted by Gasteiger charge is -2.25. The number of halogens is 1. The fourth-order valence-electron chi connectivity index (χ4n) is 3.97. The van der Waals surface area contributed by atoms with E-state index in [4.69, 9.17) is 4.74 Å². The van der Waals surface area contributed by atoms with Gasteiger partial charge in [-0.2, -0.15) is 0 Å². The molecule has 3 aromatic carbocycles. The quantitative estimate of drug-likeness (QED) is 0.307. The highest BCUT2D eigenvalue weighted by Gasteiger charge is 2.46. The lowest BCUT2D eigenvalue weighted by Crippen LogP contribution is -2.29. The molecule has 1 aliphatic heterocycles. The number of Topliss-reactive ketones (excluding diaryl/α,β-unsaturated/α-hetero) is 1. The molecule has 1 aliphatic rings. The first kappa shape index (κ1) is 22.3. The lowest BCUT2D eigenvalue weighted by atomic mass is 9.94. The smallest absolute Gasteiger partial charge is 0.300 e. The summed E-state index contributed by atoms with van der Waals surface area (Å²) in [4.78, 5) is 27.6. The van der Waals surface area contributed by atoms with Gasteiger partial charge in [0.05, 0.1) is 18.2 Å². The third kappa shape index (κ3) is 4.24. The maximum absolute atomic E-state index is 13.6. The van der Waals surface area contributed by atoms with E-state index in [1.54, 1.807) is 48.5 Å². The Hall–Kier alpha value is -3.93. The molecule has 0 saturated carbocycles. The molecule has 1 heterocycles. The fraction of sp³-hybridized carbons (Fsp3) is 0.185. The van der Waals surface area contributed by atoms with Crippen LogP contribution in [0, 0.1) is 12.7 Å². The van der Waals surface area contributed by atoms with Gasteiger partial charge in [-0.25, -0.2) is 4.39 Å². The molecular formula is C27H24FNO4. The third-order valence-corrected chi connectivity index (χ3v) is 5.57. The number of aliphatic hydroxyl groups excluding tert-OH is 1. The minimum Gasteiger partial charge on any atom is -0.507 e. The molecule has 168 valence electrons. The van der Waals surface area contributed by atoms with Crippen molar-refractivity contribution in [1.29, 1.82) is 0 Å². The molecule has 0 aromatic heterocycles. The summed E-state index contributed by atoms with van der Waals surface area (Å²) in [5.74, 6) is -1.58. The van der Waals surface area contributed by atoms with Crippen molar-refractivity contribution in [3.05, 3.63) is 101 Å². The summed E-state index contributed by atoms with van der Waals surface area (Å²) in [6.07, 6.45) is 0.863. The van der Waals surface area contributed by atoms with Gasteiger partial charge in [0.25, 0.3) is 11.7 Å². The summed E-state index contributed by atoms with van der Waals surface area (Å²) in [7, 11) is 0. The van der Waals surface area contributed by atoms with Crippen molar-refractivity contribution in [3.63, 3.8) is 0 Å². The van der Waals surface area contributed by atoms with Gasteiger partial charge in [0.1, 0.15) is 17.3 Å². The Bertz CT molecular complexity index is 1220. The first-order valence-corrected chi connectivity index (χ1v) is 10.8. The second-order valence-corrected chi connectivity index (χ2v) is 7.88. The van der Waals surface area contributed by atoms with Crippen LogP contribution in [0.5, 0.6) is 5.75 Å². The van der Waals surface area contributed by atoms with Gasteiger partial charge in [0.2, 0.25) is 0 Å². The number of hydrogen-bond donors (Lipinski definition) is 1. The number of carbonyl (C=O) groups excluding carboxylic acids is 2. The van der Waals surface area contributed by atoms with E-state index in [1.807, 2.05) is 13.8 Å². The van der Waals surface area contributed by atoms with Crippen molar-refractivity contribution in [1.82, 2.24) is 0 Å². The summed E-state index contributed by atoms with van der Waals surface area (Å²) < 4.78 is 19.3. The van der Waals surface area contributed by atoms with Crippen LogP contribution in [-0.2, 0) is 9.59 Å². The Morgan fingerprint density at radius 1 is 1.03 bits per heavy atom. The van der Waals surface area contributed by atoms with E-state index in [0.29, 0.717) is 29.2 Å². The molecule has 1 saturated heterocycles. The number of nitrogens with zero attached hydrogens (tertiary/aromatic N) is 1. The summed E-state index contributed by atoms with van der Waals surface area (Å²) in [5.41, 5.74) is 2.17. The number of ether oxygens (including phenoxy) is 1. The highest BCUT2D eigenvalue weighted by molar-refractivity contribution is 6.51. The van der Waals surface area contributed by atoms with Gasteiger partial charge < -0.3 is 9.84 Å². The highest BCUT2D eigenvalue weighted by Crippen LogP contribution is 2.42. The van der Waals surface area contributed by atoms with Crippen molar-refractivity contribution in [2.75, 3.05) is 11.5 Å². The largest absolute Gasteiger partial charge is 0.507 e. The van der Waals surface area contributed by atoms with E-state index >= 15 is 0 Å². The number of para-hydroxylation sites is 1. The van der Waals surface area contributed by atoms with Gasteiger partial charge in [-0.15, -0.1) is 0 Å². The molecule has 4 rings (SSSR count). The molecule has 6 heteroatoms. The molecule has 0 bridgehead atoms. The molecule has 1 fully saturated rings. The van der Waals surface area contributed by atoms with Crippen LogP contribution in [0.15, 0.2) is 78.4 Å². The summed E-state index contributed by atoms with van der Waals surface area (Å²) in [5, 5.41) is 11.2. The molecule has 33 heavy (non-hydrogen) atoms. The Kier molecular flexibility index (Phi) is 6.27. The topological polar surface area (TPSA) is 66.8 Å². The van der Waals surface area contributed by atoms with Crippen LogP contribution >= 0.6 is 0 Å². The fourth-order valence-corrected chi connectivity index (χ4v) is 3.97. The van der Waals surface area contributed by atoms with Crippen molar-refractivity contribution in [2.24, 2.45) is 0 Å². The first-order chi connectivity index (χ1) is 15.9. The molecule has 0 radical (unpaired) electrons. The molecule has 5 nitrogen and oxygen atoms in total. The molecule has 1 atom stereocenters. The Labute approximate surface area is 191 Å². The van der Waals surface area contributed by atoms with Gasteiger partial charge >= 0.3 is 0 Å². The third-order valence-electron chi connectivity index (χ3n) is 5.57. The van der Waals surface area contributed by atoms with Gasteiger partial charge in [-0.05, 0) is 66.9 Å². The zero-order valence-corrected chi connectivity index (χ0v) is 18.4. The Morgan fingerprint density at radius 2 is 1.73 bits per heavy atom. The van der Waals surface area contributed by atoms with Crippen molar-refractivity contribution in [3.8, 4) is 5.75 Å². The number of benzene rings is 3. The first-order valence-electron chi connectivity index (χ1n) is 10.8. The monoisotopic (exact) mass is 445 g/mol. The Morgan fingerprint density at radius 3 is 2.36 bits per heavy atom. The molecule has 1 unspecified atom stereocenters. The zero-order valence-electron chi connectivity index (χ0n) is 18.4. The summed E-state index contributed by atoms with van der Waals surface area (Å²) in [6.45, 7) is 4.43. The van der Waals surface area contributed by atoms with E-state index in [1.165, 1.54) is 29.2 Å². The predicted molar refractivity (Wildman–Crippen MR) is 125 cm³/mol.